The number of hydrogen-bond acceptors (Lipinski definition) is 5. The number of alkyl halides is 6. The summed E-state index contributed by atoms with van der Waals surface area (Å²) in [4.78, 5) is 9.69. The Morgan fingerprint density at radius 1 is 1.15 bits per heavy atom. The number of nitro benzene ring substituents is 1. The Labute approximate surface area is 181 Å². The number of hydrogen-bond donors (Lipinski definition) is 1. The second-order valence-electron chi connectivity index (χ2n) is 7.32. The molecule has 176 valence electrons. The zero-order valence-corrected chi connectivity index (χ0v) is 16.4. The van der Waals surface area contributed by atoms with E-state index in [1.807, 2.05) is 0 Å². The van der Waals surface area contributed by atoms with Crippen molar-refractivity contribution in [3.05, 3.63) is 69.0 Å². The molecule has 3 unspecified atom stereocenters. The zero-order chi connectivity index (χ0) is 24.6. The van der Waals surface area contributed by atoms with Gasteiger partial charge in [0.15, 0.2) is 0 Å². The lowest BCUT2D eigenvalue weighted by Crippen LogP contribution is -2.44. The summed E-state index contributed by atoms with van der Waals surface area (Å²) in [7, 11) is 0. The quantitative estimate of drug-likeness (QED) is 0.369. The Morgan fingerprint density at radius 3 is 2.39 bits per heavy atom. The van der Waals surface area contributed by atoms with E-state index in [2.05, 4.69) is 5.32 Å². The first-order chi connectivity index (χ1) is 15.3. The molecule has 0 radical (unpaired) electrons. The SMILES string of the molecule is N#Cc1ccc(C2CC(COc3ccc([N+](=O)[O-])c(F)c3)NC2C(F)(F)F)cc1C(F)(F)F. The van der Waals surface area contributed by atoms with Crippen molar-refractivity contribution in [3.8, 4) is 11.8 Å². The standard InChI is InChI=1S/C20H14F7N3O3/c21-16-7-13(3-4-17(16)30(31)32)33-9-12-6-14(18(29-12)20(25,26)27)10-1-2-11(8-28)15(5-10)19(22,23)24/h1-5,7,12,14,18,29H,6,9H2. The lowest BCUT2D eigenvalue weighted by atomic mass is 9.88. The molecule has 1 fully saturated rings. The summed E-state index contributed by atoms with van der Waals surface area (Å²) >= 11 is 0. The fourth-order valence-corrected chi connectivity index (χ4v) is 3.69. The molecule has 3 atom stereocenters. The van der Waals surface area contributed by atoms with Crippen molar-refractivity contribution in [1.29, 1.82) is 5.26 Å². The maximum absolute atomic E-state index is 13.7. The second-order valence-corrected chi connectivity index (χ2v) is 7.32. The summed E-state index contributed by atoms with van der Waals surface area (Å²) in [6.07, 6.45) is -9.99. The van der Waals surface area contributed by atoms with Crippen LogP contribution in [0.5, 0.6) is 5.75 Å². The fourth-order valence-electron chi connectivity index (χ4n) is 3.69. The van der Waals surface area contributed by atoms with Crippen LogP contribution >= 0.6 is 0 Å². The smallest absolute Gasteiger partial charge is 0.417 e. The molecule has 0 aliphatic carbocycles. The van der Waals surface area contributed by atoms with E-state index < -0.39 is 64.5 Å². The average molecular weight is 477 g/mol. The van der Waals surface area contributed by atoms with Gasteiger partial charge in [-0.2, -0.15) is 36.0 Å². The zero-order valence-electron chi connectivity index (χ0n) is 16.4. The Bertz CT molecular complexity index is 1100. The molecule has 2 aromatic carbocycles. The van der Waals surface area contributed by atoms with Crippen LogP contribution in [-0.4, -0.2) is 29.8 Å². The largest absolute Gasteiger partial charge is 0.492 e. The van der Waals surface area contributed by atoms with Crippen LogP contribution in [0.1, 0.15) is 29.0 Å². The van der Waals surface area contributed by atoms with Crippen molar-refractivity contribution < 1.29 is 40.4 Å². The summed E-state index contributed by atoms with van der Waals surface area (Å²) in [5.41, 5.74) is -3.09. The molecule has 33 heavy (non-hydrogen) atoms. The van der Waals surface area contributed by atoms with Crippen LogP contribution in [0.25, 0.3) is 0 Å². The molecule has 6 nitrogen and oxygen atoms in total. The van der Waals surface area contributed by atoms with Crippen molar-refractivity contribution in [2.24, 2.45) is 0 Å². The van der Waals surface area contributed by atoms with E-state index in [0.29, 0.717) is 12.1 Å². The van der Waals surface area contributed by atoms with Gasteiger partial charge in [-0.05, 0) is 30.2 Å². The van der Waals surface area contributed by atoms with Crippen LogP contribution in [0, 0.1) is 27.3 Å². The number of nitro groups is 1. The first-order valence-corrected chi connectivity index (χ1v) is 9.32. The predicted octanol–water partition coefficient (Wildman–Crippen LogP) is 5.08. The van der Waals surface area contributed by atoms with Gasteiger partial charge in [-0.15, -0.1) is 0 Å². The van der Waals surface area contributed by atoms with Crippen LogP contribution in [0.2, 0.25) is 0 Å². The van der Waals surface area contributed by atoms with Gasteiger partial charge < -0.3 is 4.74 Å². The van der Waals surface area contributed by atoms with E-state index in [9.17, 15) is 40.8 Å². The normalized spacial score (nSPS) is 21.0. The van der Waals surface area contributed by atoms with Gasteiger partial charge in [-0.1, -0.05) is 6.07 Å². The summed E-state index contributed by atoms with van der Waals surface area (Å²) in [6, 6.07) is 3.26. The Morgan fingerprint density at radius 2 is 1.85 bits per heavy atom. The van der Waals surface area contributed by atoms with Gasteiger partial charge in [0.1, 0.15) is 18.4 Å². The third-order valence-corrected chi connectivity index (χ3v) is 5.17. The molecule has 0 spiro atoms. The van der Waals surface area contributed by atoms with E-state index in [1.165, 1.54) is 6.07 Å². The molecule has 0 saturated carbocycles. The number of rotatable bonds is 5. The fraction of sp³-hybridized carbons (Fsp3) is 0.350. The highest BCUT2D eigenvalue weighted by molar-refractivity contribution is 5.44. The summed E-state index contributed by atoms with van der Waals surface area (Å²) in [5, 5.41) is 21.8. The molecule has 1 saturated heterocycles. The first kappa shape index (κ1) is 24.2. The van der Waals surface area contributed by atoms with Crippen molar-refractivity contribution in [2.45, 2.75) is 36.8 Å². The Hall–Kier alpha value is -3.40. The number of nitrogens with zero attached hydrogens (tertiary/aromatic N) is 2. The maximum atomic E-state index is 13.7. The first-order valence-electron chi connectivity index (χ1n) is 9.32. The molecular formula is C20H14F7N3O3. The lowest BCUT2D eigenvalue weighted by Gasteiger charge is -2.23. The van der Waals surface area contributed by atoms with Gasteiger partial charge in [0, 0.05) is 24.1 Å². The van der Waals surface area contributed by atoms with Crippen molar-refractivity contribution >= 4 is 5.69 Å². The summed E-state index contributed by atoms with van der Waals surface area (Å²) < 4.78 is 99.5. The van der Waals surface area contributed by atoms with Gasteiger partial charge in [0.05, 0.1) is 22.1 Å². The molecule has 1 N–H and O–H groups in total. The Balaban J connectivity index is 1.82. The number of benzene rings is 2. The number of nitrogens with one attached hydrogen (secondary N) is 1. The summed E-state index contributed by atoms with van der Waals surface area (Å²) in [6.45, 7) is -0.400. The molecule has 1 aliphatic rings. The molecule has 1 heterocycles. The Kier molecular flexibility index (Phi) is 6.51. The van der Waals surface area contributed by atoms with Gasteiger partial charge in [-0.3, -0.25) is 15.4 Å². The highest BCUT2D eigenvalue weighted by Crippen LogP contribution is 2.42. The topological polar surface area (TPSA) is 88.2 Å². The van der Waals surface area contributed by atoms with E-state index >= 15 is 0 Å². The minimum Gasteiger partial charge on any atom is -0.492 e. The highest BCUT2D eigenvalue weighted by Gasteiger charge is 2.51. The van der Waals surface area contributed by atoms with E-state index in [1.54, 1.807) is 0 Å². The molecular weight excluding hydrogens is 463 g/mol. The minimum absolute atomic E-state index is 0.162. The van der Waals surface area contributed by atoms with Crippen LogP contribution in [0.15, 0.2) is 36.4 Å². The van der Waals surface area contributed by atoms with Crippen molar-refractivity contribution in [3.63, 3.8) is 0 Å². The van der Waals surface area contributed by atoms with Crippen LogP contribution in [0.4, 0.5) is 36.4 Å². The molecule has 3 rings (SSSR count). The minimum atomic E-state index is -4.93. The van der Waals surface area contributed by atoms with E-state index in [0.717, 1.165) is 24.3 Å². The van der Waals surface area contributed by atoms with E-state index in [-0.39, 0.29) is 17.7 Å². The van der Waals surface area contributed by atoms with Crippen LogP contribution in [0.3, 0.4) is 0 Å². The van der Waals surface area contributed by atoms with Gasteiger partial charge in [-0.25, -0.2) is 0 Å². The van der Waals surface area contributed by atoms with Crippen molar-refractivity contribution in [2.75, 3.05) is 6.61 Å². The third kappa shape index (κ3) is 5.33. The average Bonchev–Trinajstić information content (AvgIpc) is 3.16. The van der Waals surface area contributed by atoms with E-state index in [4.69, 9.17) is 10.00 Å². The van der Waals surface area contributed by atoms with Crippen molar-refractivity contribution in [1.82, 2.24) is 5.32 Å². The van der Waals surface area contributed by atoms with Gasteiger partial charge in [0.25, 0.3) is 0 Å². The van der Waals surface area contributed by atoms with Gasteiger partial charge in [0.2, 0.25) is 5.82 Å². The summed E-state index contributed by atoms with van der Waals surface area (Å²) in [5.74, 6) is -2.76. The molecule has 1 aliphatic heterocycles. The van der Waals surface area contributed by atoms with Crippen LogP contribution < -0.4 is 10.1 Å². The lowest BCUT2D eigenvalue weighted by molar-refractivity contribution is -0.387. The maximum Gasteiger partial charge on any atom is 0.417 e. The molecule has 13 heteroatoms. The molecule has 0 amide bonds. The second kappa shape index (κ2) is 8.86. The number of halogens is 7. The highest BCUT2D eigenvalue weighted by atomic mass is 19.4. The predicted molar refractivity (Wildman–Crippen MR) is 98.8 cm³/mol. The molecule has 0 bridgehead atoms. The number of ether oxygens (including phenoxy) is 1. The van der Waals surface area contributed by atoms with Gasteiger partial charge >= 0.3 is 18.0 Å². The third-order valence-electron chi connectivity index (χ3n) is 5.17. The molecule has 2 aromatic rings. The molecule has 0 aromatic heterocycles. The number of nitriles is 1. The monoisotopic (exact) mass is 477 g/mol. The van der Waals surface area contributed by atoms with Crippen LogP contribution in [-0.2, 0) is 6.18 Å².